The van der Waals surface area contributed by atoms with Crippen LogP contribution in [-0.2, 0) is 0 Å². The maximum atomic E-state index is 6.08. The number of hydrogen-bond donors (Lipinski definition) is 1. The first kappa shape index (κ1) is 17.0. The summed E-state index contributed by atoms with van der Waals surface area (Å²) in [5, 5.41) is 3.49. The second-order valence-corrected chi connectivity index (χ2v) is 7.17. The number of benzene rings is 1. The van der Waals surface area contributed by atoms with Crippen molar-refractivity contribution in [1.82, 2.24) is 5.32 Å². The van der Waals surface area contributed by atoms with Gasteiger partial charge in [-0.05, 0) is 30.0 Å². The van der Waals surface area contributed by atoms with Gasteiger partial charge in [0.25, 0.3) is 0 Å². The molecule has 0 radical (unpaired) electrons. The molecule has 0 spiro atoms. The van der Waals surface area contributed by atoms with Crippen LogP contribution in [0.5, 0.6) is 5.75 Å². The summed E-state index contributed by atoms with van der Waals surface area (Å²) < 4.78 is 6.08. The third kappa shape index (κ3) is 5.54. The van der Waals surface area contributed by atoms with Gasteiger partial charge in [-0.25, -0.2) is 0 Å². The molecule has 0 saturated carbocycles. The highest BCUT2D eigenvalue weighted by Crippen LogP contribution is 2.26. The molecule has 0 amide bonds. The Balaban J connectivity index is 2.66. The van der Waals surface area contributed by atoms with Crippen molar-refractivity contribution in [2.45, 2.75) is 60.4 Å². The van der Waals surface area contributed by atoms with Crippen molar-refractivity contribution in [2.75, 3.05) is 13.2 Å². The number of hydrogen-bond acceptors (Lipinski definition) is 2. The van der Waals surface area contributed by atoms with Gasteiger partial charge in [0.05, 0.1) is 6.61 Å². The maximum Gasteiger partial charge on any atom is 0.122 e. The summed E-state index contributed by atoms with van der Waals surface area (Å²) in [6, 6.07) is 7.05. The van der Waals surface area contributed by atoms with E-state index in [1.54, 1.807) is 0 Å². The number of ether oxygens (including phenoxy) is 1. The van der Waals surface area contributed by atoms with Crippen LogP contribution in [0.3, 0.4) is 0 Å². The summed E-state index contributed by atoms with van der Waals surface area (Å²) >= 11 is 0. The van der Waals surface area contributed by atoms with Crippen molar-refractivity contribution < 1.29 is 4.74 Å². The highest BCUT2D eigenvalue weighted by molar-refractivity contribution is 5.37. The lowest BCUT2D eigenvalue weighted by Gasteiger charge is -2.27. The largest absolute Gasteiger partial charge is 0.493 e. The number of nitrogens with one attached hydrogen (secondary N) is 1. The van der Waals surface area contributed by atoms with E-state index in [-0.39, 0.29) is 5.41 Å². The zero-order valence-electron chi connectivity index (χ0n) is 14.2. The van der Waals surface area contributed by atoms with E-state index in [0.29, 0.717) is 12.0 Å². The van der Waals surface area contributed by atoms with Crippen molar-refractivity contribution >= 4 is 0 Å². The lowest BCUT2D eigenvalue weighted by atomic mass is 9.94. The Hall–Kier alpha value is -1.02. The normalized spacial score (nSPS) is 12.2. The minimum absolute atomic E-state index is 0.130. The topological polar surface area (TPSA) is 21.3 Å². The minimum atomic E-state index is 0.130. The lowest BCUT2D eigenvalue weighted by Crippen LogP contribution is -2.37. The summed E-state index contributed by atoms with van der Waals surface area (Å²) in [7, 11) is 0. The van der Waals surface area contributed by atoms with Crippen LogP contribution >= 0.6 is 0 Å². The summed E-state index contributed by atoms with van der Waals surface area (Å²) in [6.07, 6.45) is 0. The van der Waals surface area contributed by atoms with Gasteiger partial charge in [-0.15, -0.1) is 0 Å². The van der Waals surface area contributed by atoms with Crippen LogP contribution in [0.1, 0.15) is 58.6 Å². The first-order chi connectivity index (χ1) is 9.21. The van der Waals surface area contributed by atoms with Crippen LogP contribution in [0.25, 0.3) is 0 Å². The molecule has 0 fully saturated rings. The molecule has 0 aliphatic carbocycles. The van der Waals surface area contributed by atoms with Crippen LogP contribution in [-0.4, -0.2) is 19.2 Å². The zero-order chi connectivity index (χ0) is 15.3. The Kier molecular flexibility index (Phi) is 6.07. The second kappa shape index (κ2) is 7.12. The van der Waals surface area contributed by atoms with Gasteiger partial charge in [-0.1, -0.05) is 53.7 Å². The van der Waals surface area contributed by atoms with E-state index >= 15 is 0 Å². The molecule has 0 aliphatic rings. The Bertz CT molecular complexity index is 421. The minimum Gasteiger partial charge on any atom is -0.493 e. The summed E-state index contributed by atoms with van der Waals surface area (Å²) in [5.74, 6) is 1.56. The third-order valence-electron chi connectivity index (χ3n) is 3.49. The Morgan fingerprint density at radius 1 is 1.15 bits per heavy atom. The molecule has 1 rings (SSSR count). The summed E-state index contributed by atoms with van der Waals surface area (Å²) in [5.41, 5.74) is 2.68. The molecule has 20 heavy (non-hydrogen) atoms. The molecule has 1 N–H and O–H groups in total. The average Bonchev–Trinajstić information content (AvgIpc) is 2.35. The van der Waals surface area contributed by atoms with E-state index in [4.69, 9.17) is 4.74 Å². The maximum absolute atomic E-state index is 6.08. The van der Waals surface area contributed by atoms with Crippen molar-refractivity contribution in [2.24, 2.45) is 5.41 Å². The van der Waals surface area contributed by atoms with E-state index in [1.165, 1.54) is 11.1 Å². The summed E-state index contributed by atoms with van der Waals surface area (Å²) in [6.45, 7) is 17.1. The molecule has 2 nitrogen and oxygen atoms in total. The molecule has 114 valence electrons. The second-order valence-electron chi connectivity index (χ2n) is 7.17. The van der Waals surface area contributed by atoms with Gasteiger partial charge in [-0.2, -0.15) is 0 Å². The van der Waals surface area contributed by atoms with E-state index in [9.17, 15) is 0 Å². The predicted molar refractivity (Wildman–Crippen MR) is 87.7 cm³/mol. The van der Waals surface area contributed by atoms with Crippen molar-refractivity contribution in [3.8, 4) is 5.75 Å². The smallest absolute Gasteiger partial charge is 0.122 e. The standard InChI is InChI=1S/C18H31NO/c1-13(2)16-9-8-15(5)17(10-16)20-12-18(6,7)11-19-14(3)4/h8-10,13-14,19H,11-12H2,1-7H3. The van der Waals surface area contributed by atoms with Crippen molar-refractivity contribution in [3.63, 3.8) is 0 Å². The first-order valence-corrected chi connectivity index (χ1v) is 7.68. The average molecular weight is 277 g/mol. The highest BCUT2D eigenvalue weighted by Gasteiger charge is 2.19. The molecule has 2 heteroatoms. The Morgan fingerprint density at radius 3 is 2.35 bits per heavy atom. The predicted octanol–water partition coefficient (Wildman–Crippen LogP) is 4.52. The molecule has 1 aromatic rings. The fraction of sp³-hybridized carbons (Fsp3) is 0.667. The Morgan fingerprint density at radius 2 is 1.80 bits per heavy atom. The van der Waals surface area contributed by atoms with Crippen LogP contribution < -0.4 is 10.1 Å². The summed E-state index contributed by atoms with van der Waals surface area (Å²) in [4.78, 5) is 0. The molecule has 0 saturated heterocycles. The van der Waals surface area contributed by atoms with Gasteiger partial charge >= 0.3 is 0 Å². The quantitative estimate of drug-likeness (QED) is 0.791. The molecule has 0 atom stereocenters. The Labute approximate surface area is 124 Å². The zero-order valence-corrected chi connectivity index (χ0v) is 14.2. The highest BCUT2D eigenvalue weighted by atomic mass is 16.5. The van der Waals surface area contributed by atoms with Gasteiger partial charge < -0.3 is 10.1 Å². The van der Waals surface area contributed by atoms with E-state index in [1.807, 2.05) is 0 Å². The van der Waals surface area contributed by atoms with Gasteiger partial charge in [-0.3, -0.25) is 0 Å². The lowest BCUT2D eigenvalue weighted by molar-refractivity contribution is 0.172. The van der Waals surface area contributed by atoms with Crippen LogP contribution in [0, 0.1) is 12.3 Å². The molecule has 0 bridgehead atoms. The van der Waals surface area contributed by atoms with Crippen LogP contribution in [0.2, 0.25) is 0 Å². The van der Waals surface area contributed by atoms with Crippen molar-refractivity contribution in [1.29, 1.82) is 0 Å². The molecule has 0 unspecified atom stereocenters. The van der Waals surface area contributed by atoms with E-state index in [2.05, 4.69) is 72.0 Å². The number of aryl methyl sites for hydroxylation is 1. The van der Waals surface area contributed by atoms with E-state index < -0.39 is 0 Å². The van der Waals surface area contributed by atoms with Gasteiger partial charge in [0, 0.05) is 18.0 Å². The van der Waals surface area contributed by atoms with Gasteiger partial charge in [0.15, 0.2) is 0 Å². The molecule has 1 aromatic carbocycles. The van der Waals surface area contributed by atoms with Gasteiger partial charge in [0.1, 0.15) is 5.75 Å². The number of rotatable bonds is 7. The SMILES string of the molecule is Cc1ccc(C(C)C)cc1OCC(C)(C)CNC(C)C. The fourth-order valence-corrected chi connectivity index (χ4v) is 1.94. The third-order valence-corrected chi connectivity index (χ3v) is 3.49. The first-order valence-electron chi connectivity index (χ1n) is 7.68. The fourth-order valence-electron chi connectivity index (χ4n) is 1.94. The molecule has 0 aliphatic heterocycles. The molecule has 0 heterocycles. The van der Waals surface area contributed by atoms with Crippen LogP contribution in [0.15, 0.2) is 18.2 Å². The molecular formula is C18H31NO. The van der Waals surface area contributed by atoms with Gasteiger partial charge in [0.2, 0.25) is 0 Å². The molecule has 0 aromatic heterocycles. The van der Waals surface area contributed by atoms with Crippen LogP contribution in [0.4, 0.5) is 0 Å². The van der Waals surface area contributed by atoms with E-state index in [0.717, 1.165) is 18.9 Å². The van der Waals surface area contributed by atoms with Crippen molar-refractivity contribution in [3.05, 3.63) is 29.3 Å². The monoisotopic (exact) mass is 277 g/mol. The molecular weight excluding hydrogens is 246 g/mol.